The van der Waals surface area contributed by atoms with E-state index in [-0.39, 0.29) is 12.1 Å². The summed E-state index contributed by atoms with van der Waals surface area (Å²) in [5, 5.41) is 0. The van der Waals surface area contributed by atoms with Gasteiger partial charge >= 0.3 is 0 Å². The summed E-state index contributed by atoms with van der Waals surface area (Å²) in [6.45, 7) is 0.264. The van der Waals surface area contributed by atoms with Crippen molar-refractivity contribution >= 4 is 40.3 Å². The highest BCUT2D eigenvalue weighted by molar-refractivity contribution is 7.16. The van der Waals surface area contributed by atoms with Crippen molar-refractivity contribution in [3.8, 4) is 0 Å². The van der Waals surface area contributed by atoms with Crippen molar-refractivity contribution in [2.75, 3.05) is 4.90 Å². The Morgan fingerprint density at radius 1 is 1.21 bits per heavy atom. The van der Waals surface area contributed by atoms with Gasteiger partial charge < -0.3 is 0 Å². The summed E-state index contributed by atoms with van der Waals surface area (Å²) in [7, 11) is 0. The molecule has 19 heavy (non-hydrogen) atoms. The van der Waals surface area contributed by atoms with Gasteiger partial charge in [0, 0.05) is 4.88 Å². The van der Waals surface area contributed by atoms with Crippen LogP contribution < -0.4 is 4.90 Å². The molecule has 1 aliphatic rings. The minimum atomic E-state index is -0.669. The van der Waals surface area contributed by atoms with E-state index in [4.69, 9.17) is 11.6 Å². The Kier molecular flexibility index (Phi) is 2.88. The van der Waals surface area contributed by atoms with Gasteiger partial charge in [-0.3, -0.25) is 14.5 Å². The van der Waals surface area contributed by atoms with Gasteiger partial charge in [0.1, 0.15) is 5.82 Å². The average Bonchev–Trinajstić information content (AvgIpc) is 2.88. The Labute approximate surface area is 117 Å². The molecule has 1 amide bonds. The van der Waals surface area contributed by atoms with E-state index in [1.807, 2.05) is 0 Å². The molecular weight excluding hydrogens is 289 g/mol. The zero-order valence-corrected chi connectivity index (χ0v) is 11.1. The Hall–Kier alpha value is -1.72. The molecule has 0 spiro atoms. The van der Waals surface area contributed by atoms with E-state index in [1.165, 1.54) is 28.4 Å². The highest BCUT2D eigenvalue weighted by atomic mass is 35.5. The summed E-state index contributed by atoms with van der Waals surface area (Å²) in [6.07, 6.45) is 0. The summed E-state index contributed by atoms with van der Waals surface area (Å²) in [4.78, 5) is 25.9. The number of thiophene rings is 1. The predicted molar refractivity (Wildman–Crippen MR) is 71.2 cm³/mol. The van der Waals surface area contributed by atoms with Gasteiger partial charge in [0.05, 0.1) is 22.1 Å². The highest BCUT2D eigenvalue weighted by Gasteiger charge is 2.36. The first-order valence-electron chi connectivity index (χ1n) is 5.46. The number of benzene rings is 1. The molecule has 3 rings (SSSR count). The fraction of sp³-hybridized carbons (Fsp3) is 0.0769. The van der Waals surface area contributed by atoms with Gasteiger partial charge in [-0.15, -0.1) is 11.3 Å². The van der Waals surface area contributed by atoms with Gasteiger partial charge in [-0.1, -0.05) is 11.6 Å². The van der Waals surface area contributed by atoms with Crippen LogP contribution in [0.4, 0.5) is 10.1 Å². The molecule has 0 saturated carbocycles. The topological polar surface area (TPSA) is 37.4 Å². The fourth-order valence-electron chi connectivity index (χ4n) is 2.02. The van der Waals surface area contributed by atoms with Crippen LogP contribution in [0.25, 0.3) is 0 Å². The molecule has 1 aromatic heterocycles. The zero-order valence-electron chi connectivity index (χ0n) is 9.52. The van der Waals surface area contributed by atoms with E-state index in [0.717, 1.165) is 10.9 Å². The van der Waals surface area contributed by atoms with Crippen molar-refractivity contribution in [3.05, 3.63) is 50.9 Å². The van der Waals surface area contributed by atoms with Crippen LogP contribution in [-0.2, 0) is 11.3 Å². The molecule has 96 valence electrons. The van der Waals surface area contributed by atoms with Gasteiger partial charge in [-0.25, -0.2) is 4.39 Å². The van der Waals surface area contributed by atoms with Crippen molar-refractivity contribution in [1.82, 2.24) is 0 Å². The molecule has 2 aromatic rings. The predicted octanol–water partition coefficient (Wildman–Crippen LogP) is 3.27. The number of Topliss-reactive ketones (excluding diaryl/α,β-unsaturated/α-hetero) is 1. The largest absolute Gasteiger partial charge is 0.300 e. The molecule has 0 aliphatic carbocycles. The van der Waals surface area contributed by atoms with Crippen molar-refractivity contribution in [2.24, 2.45) is 0 Å². The quantitative estimate of drug-likeness (QED) is 0.798. The number of amides is 1. The Bertz CT molecular complexity index is 698. The number of halogens is 2. The Morgan fingerprint density at radius 3 is 2.68 bits per heavy atom. The van der Waals surface area contributed by atoms with E-state index in [9.17, 15) is 14.0 Å². The number of nitrogens with zero attached hydrogens (tertiary/aromatic N) is 1. The summed E-state index contributed by atoms with van der Waals surface area (Å²) in [5.41, 5.74) is 0.563. The Morgan fingerprint density at radius 2 is 2.00 bits per heavy atom. The number of ketones is 1. The van der Waals surface area contributed by atoms with E-state index in [1.54, 1.807) is 12.1 Å². The number of fused-ring (bicyclic) bond motifs is 1. The molecule has 0 atom stereocenters. The lowest BCUT2D eigenvalue weighted by Crippen LogP contribution is -2.28. The number of carbonyl (C=O) groups excluding carboxylic acids is 2. The van der Waals surface area contributed by atoms with E-state index < -0.39 is 17.5 Å². The first kappa shape index (κ1) is 12.3. The summed E-state index contributed by atoms with van der Waals surface area (Å²) in [5.74, 6) is -1.83. The maximum Gasteiger partial charge on any atom is 0.299 e. The maximum atomic E-state index is 13.1. The van der Waals surface area contributed by atoms with Gasteiger partial charge in [0.25, 0.3) is 11.7 Å². The number of rotatable bonds is 2. The standard InChI is InChI=1S/C13H7ClFNO2S/c14-11-4-2-8(19-11)6-16-10-3-1-7(15)5-9(10)12(17)13(16)18/h1-5H,6H2. The monoisotopic (exact) mass is 295 g/mol. The fourth-order valence-corrected chi connectivity index (χ4v) is 3.10. The van der Waals surface area contributed by atoms with Gasteiger partial charge in [0.15, 0.2) is 0 Å². The van der Waals surface area contributed by atoms with Gasteiger partial charge in [-0.2, -0.15) is 0 Å². The number of hydrogen-bond acceptors (Lipinski definition) is 3. The second-order valence-electron chi connectivity index (χ2n) is 4.09. The molecular formula is C13H7ClFNO2S. The molecule has 0 N–H and O–H groups in total. The lowest BCUT2D eigenvalue weighted by molar-refractivity contribution is -0.114. The van der Waals surface area contributed by atoms with Crippen LogP contribution in [0.2, 0.25) is 4.34 Å². The molecule has 6 heteroatoms. The molecule has 3 nitrogen and oxygen atoms in total. The lowest BCUT2D eigenvalue weighted by Gasteiger charge is -2.15. The Balaban J connectivity index is 1.99. The van der Waals surface area contributed by atoms with Crippen LogP contribution in [0.15, 0.2) is 30.3 Å². The molecule has 0 bridgehead atoms. The summed E-state index contributed by atoms with van der Waals surface area (Å²) >= 11 is 7.17. The van der Waals surface area contributed by atoms with Crippen molar-refractivity contribution in [2.45, 2.75) is 6.54 Å². The number of anilines is 1. The van der Waals surface area contributed by atoms with Crippen LogP contribution in [0.3, 0.4) is 0 Å². The van der Waals surface area contributed by atoms with Crippen LogP contribution >= 0.6 is 22.9 Å². The SMILES string of the molecule is O=C1C(=O)N(Cc2ccc(Cl)s2)c2ccc(F)cc21. The third-order valence-corrected chi connectivity index (χ3v) is 4.09. The third-order valence-electron chi connectivity index (χ3n) is 2.88. The van der Waals surface area contributed by atoms with Gasteiger partial charge in [0.2, 0.25) is 0 Å². The summed E-state index contributed by atoms with van der Waals surface area (Å²) < 4.78 is 13.7. The summed E-state index contributed by atoms with van der Waals surface area (Å²) in [6, 6.07) is 7.31. The van der Waals surface area contributed by atoms with Crippen LogP contribution in [0.5, 0.6) is 0 Å². The van der Waals surface area contributed by atoms with Crippen LogP contribution in [0, 0.1) is 5.82 Å². The normalized spacial score (nSPS) is 14.1. The molecule has 2 heterocycles. The zero-order chi connectivity index (χ0) is 13.6. The van der Waals surface area contributed by atoms with E-state index >= 15 is 0 Å². The lowest BCUT2D eigenvalue weighted by atomic mass is 10.1. The van der Waals surface area contributed by atoms with Crippen LogP contribution in [0.1, 0.15) is 15.2 Å². The third kappa shape index (κ3) is 2.05. The minimum absolute atomic E-state index is 0.118. The van der Waals surface area contributed by atoms with Gasteiger partial charge in [-0.05, 0) is 30.3 Å². The minimum Gasteiger partial charge on any atom is -0.300 e. The first-order chi connectivity index (χ1) is 9.06. The van der Waals surface area contributed by atoms with Crippen molar-refractivity contribution < 1.29 is 14.0 Å². The number of carbonyl (C=O) groups is 2. The first-order valence-corrected chi connectivity index (χ1v) is 6.65. The van der Waals surface area contributed by atoms with E-state index in [0.29, 0.717) is 10.0 Å². The van der Waals surface area contributed by atoms with E-state index in [2.05, 4.69) is 0 Å². The molecule has 1 aromatic carbocycles. The van der Waals surface area contributed by atoms with Crippen molar-refractivity contribution in [3.63, 3.8) is 0 Å². The second-order valence-corrected chi connectivity index (χ2v) is 5.89. The number of hydrogen-bond donors (Lipinski definition) is 0. The highest BCUT2D eigenvalue weighted by Crippen LogP contribution is 2.32. The average molecular weight is 296 g/mol. The van der Waals surface area contributed by atoms with Crippen LogP contribution in [-0.4, -0.2) is 11.7 Å². The second kappa shape index (κ2) is 4.43. The molecule has 1 aliphatic heterocycles. The smallest absolute Gasteiger partial charge is 0.299 e. The molecule has 0 radical (unpaired) electrons. The molecule has 0 unspecified atom stereocenters. The molecule has 0 saturated heterocycles. The van der Waals surface area contributed by atoms with Crippen molar-refractivity contribution in [1.29, 1.82) is 0 Å². The maximum absolute atomic E-state index is 13.1. The molecule has 0 fully saturated rings.